The molecule has 1 aromatic rings. The highest BCUT2D eigenvalue weighted by molar-refractivity contribution is 6.02. The number of hydrogen-bond acceptors (Lipinski definition) is 3. The van der Waals surface area contributed by atoms with Crippen LogP contribution in [0.5, 0.6) is 0 Å². The van der Waals surface area contributed by atoms with Crippen LogP contribution < -0.4 is 0 Å². The highest BCUT2D eigenvalue weighted by atomic mass is 16.5. The molecule has 94 valence electrons. The van der Waals surface area contributed by atoms with Crippen LogP contribution in [0.4, 0.5) is 0 Å². The number of nitrogens with one attached hydrogen (secondary N) is 1. The molecule has 1 N–H and O–H groups in total. The van der Waals surface area contributed by atoms with E-state index >= 15 is 0 Å². The number of esters is 1. The lowest BCUT2D eigenvalue weighted by Gasteiger charge is -2.01. The Morgan fingerprint density at radius 1 is 1.24 bits per heavy atom. The zero-order chi connectivity index (χ0) is 13.0. The minimum Gasteiger partial charge on any atom is -0.461 e. The van der Waals surface area contributed by atoms with Crippen molar-refractivity contribution < 1.29 is 14.3 Å². The zero-order valence-corrected chi connectivity index (χ0v) is 10.8. The Labute approximate surface area is 101 Å². The second-order valence-electron chi connectivity index (χ2n) is 3.83. The number of aromatic nitrogens is 1. The number of ketones is 1. The average molecular weight is 237 g/mol. The summed E-state index contributed by atoms with van der Waals surface area (Å²) in [5.74, 6) is -0.332. The average Bonchev–Trinajstić information content (AvgIpc) is 2.65. The maximum atomic E-state index is 11.8. The number of ether oxygens (including phenoxy) is 1. The van der Waals surface area contributed by atoms with E-state index in [9.17, 15) is 9.59 Å². The van der Waals surface area contributed by atoms with Crippen LogP contribution in [0.25, 0.3) is 0 Å². The molecule has 0 atom stereocenters. The summed E-state index contributed by atoms with van der Waals surface area (Å²) < 4.78 is 4.95. The molecule has 1 heterocycles. The van der Waals surface area contributed by atoms with E-state index in [1.54, 1.807) is 13.8 Å². The summed E-state index contributed by atoms with van der Waals surface area (Å²) in [6.07, 6.45) is 1.13. The van der Waals surface area contributed by atoms with Gasteiger partial charge >= 0.3 is 5.97 Å². The minimum atomic E-state index is -0.394. The maximum absolute atomic E-state index is 11.8. The number of aromatic amines is 1. The van der Waals surface area contributed by atoms with Gasteiger partial charge in [0.2, 0.25) is 0 Å². The molecular formula is C13H19NO3. The standard InChI is InChI=1S/C13H19NO3/c1-5-9-11(10(15)6-2)8(4)12(14-9)13(16)17-7-3/h14H,5-7H2,1-4H3. The van der Waals surface area contributed by atoms with Crippen LogP contribution in [-0.4, -0.2) is 23.3 Å². The van der Waals surface area contributed by atoms with Gasteiger partial charge in [-0.2, -0.15) is 0 Å². The van der Waals surface area contributed by atoms with E-state index in [0.717, 1.165) is 5.69 Å². The number of Topliss-reactive ketones (excluding diaryl/α,β-unsaturated/α-hetero) is 1. The molecule has 0 saturated heterocycles. The third-order valence-electron chi connectivity index (χ3n) is 2.76. The van der Waals surface area contributed by atoms with Gasteiger partial charge in [-0.05, 0) is 25.8 Å². The maximum Gasteiger partial charge on any atom is 0.355 e. The molecule has 0 fully saturated rings. The Balaban J connectivity index is 3.23. The fraction of sp³-hybridized carbons (Fsp3) is 0.538. The van der Waals surface area contributed by atoms with Crippen molar-refractivity contribution in [2.45, 2.75) is 40.5 Å². The highest BCUT2D eigenvalue weighted by Gasteiger charge is 2.22. The van der Waals surface area contributed by atoms with Crippen molar-refractivity contribution in [3.8, 4) is 0 Å². The topological polar surface area (TPSA) is 59.2 Å². The Bertz CT molecular complexity index is 432. The van der Waals surface area contributed by atoms with Gasteiger partial charge in [-0.25, -0.2) is 4.79 Å². The van der Waals surface area contributed by atoms with Gasteiger partial charge in [0.1, 0.15) is 5.69 Å². The molecule has 4 heteroatoms. The molecule has 1 aromatic heterocycles. The van der Waals surface area contributed by atoms with Gasteiger partial charge in [-0.3, -0.25) is 4.79 Å². The van der Waals surface area contributed by atoms with E-state index in [1.165, 1.54) is 0 Å². The molecule has 0 aliphatic carbocycles. The van der Waals surface area contributed by atoms with Gasteiger partial charge in [0.05, 0.1) is 6.61 Å². The van der Waals surface area contributed by atoms with Crippen LogP contribution in [0.2, 0.25) is 0 Å². The number of rotatable bonds is 5. The smallest absolute Gasteiger partial charge is 0.355 e. The van der Waals surface area contributed by atoms with Gasteiger partial charge < -0.3 is 9.72 Å². The van der Waals surface area contributed by atoms with Crippen molar-refractivity contribution in [2.75, 3.05) is 6.61 Å². The highest BCUT2D eigenvalue weighted by Crippen LogP contribution is 2.21. The van der Waals surface area contributed by atoms with Crippen molar-refractivity contribution in [1.82, 2.24) is 4.98 Å². The molecule has 0 amide bonds. The summed E-state index contributed by atoms with van der Waals surface area (Å²) in [7, 11) is 0. The molecule has 0 unspecified atom stereocenters. The fourth-order valence-electron chi connectivity index (χ4n) is 1.89. The molecule has 1 rings (SSSR count). The van der Waals surface area contributed by atoms with E-state index in [-0.39, 0.29) is 5.78 Å². The first-order valence-electron chi connectivity index (χ1n) is 5.98. The largest absolute Gasteiger partial charge is 0.461 e. The molecule has 0 saturated carbocycles. The van der Waals surface area contributed by atoms with Crippen molar-refractivity contribution in [1.29, 1.82) is 0 Å². The quantitative estimate of drug-likeness (QED) is 0.632. The van der Waals surface area contributed by atoms with E-state index in [0.29, 0.717) is 36.3 Å². The SMILES string of the molecule is CCOC(=O)c1[nH]c(CC)c(C(=O)CC)c1C. The Hall–Kier alpha value is -1.58. The lowest BCUT2D eigenvalue weighted by atomic mass is 10.0. The summed E-state index contributed by atoms with van der Waals surface area (Å²) in [5.41, 5.74) is 2.57. The van der Waals surface area contributed by atoms with E-state index in [2.05, 4.69) is 4.98 Å². The Morgan fingerprint density at radius 2 is 1.88 bits per heavy atom. The van der Waals surface area contributed by atoms with E-state index < -0.39 is 5.97 Å². The molecule has 0 bridgehead atoms. The summed E-state index contributed by atoms with van der Waals surface area (Å²) in [5, 5.41) is 0. The second-order valence-corrected chi connectivity index (χ2v) is 3.83. The van der Waals surface area contributed by atoms with Crippen molar-refractivity contribution in [3.63, 3.8) is 0 Å². The first-order chi connectivity index (χ1) is 8.06. The Morgan fingerprint density at radius 3 is 2.35 bits per heavy atom. The van der Waals surface area contributed by atoms with Gasteiger partial charge in [0.25, 0.3) is 0 Å². The van der Waals surface area contributed by atoms with Crippen LogP contribution in [0, 0.1) is 6.92 Å². The number of carbonyl (C=O) groups excluding carboxylic acids is 2. The molecule has 0 radical (unpaired) electrons. The number of carbonyl (C=O) groups is 2. The lowest BCUT2D eigenvalue weighted by Crippen LogP contribution is -2.07. The van der Waals surface area contributed by atoms with Crippen LogP contribution in [0.1, 0.15) is 59.3 Å². The zero-order valence-electron chi connectivity index (χ0n) is 10.8. The van der Waals surface area contributed by atoms with Gasteiger partial charge in [-0.15, -0.1) is 0 Å². The summed E-state index contributed by atoms with van der Waals surface area (Å²) in [6, 6.07) is 0. The van der Waals surface area contributed by atoms with Crippen LogP contribution >= 0.6 is 0 Å². The van der Waals surface area contributed by atoms with Crippen molar-refractivity contribution >= 4 is 11.8 Å². The fourth-order valence-corrected chi connectivity index (χ4v) is 1.89. The molecule has 4 nitrogen and oxygen atoms in total. The monoisotopic (exact) mass is 237 g/mol. The van der Waals surface area contributed by atoms with Crippen LogP contribution in [-0.2, 0) is 11.2 Å². The first kappa shape index (κ1) is 13.5. The number of aryl methyl sites for hydroxylation is 1. The van der Waals surface area contributed by atoms with Gasteiger partial charge in [-0.1, -0.05) is 13.8 Å². The lowest BCUT2D eigenvalue weighted by molar-refractivity contribution is 0.0519. The predicted octanol–water partition coefficient (Wildman–Crippen LogP) is 2.65. The Kier molecular flexibility index (Phi) is 4.49. The summed E-state index contributed by atoms with van der Waals surface area (Å²) >= 11 is 0. The summed E-state index contributed by atoms with van der Waals surface area (Å²) in [6.45, 7) is 7.64. The third kappa shape index (κ3) is 2.57. The predicted molar refractivity (Wildman–Crippen MR) is 65.5 cm³/mol. The van der Waals surface area contributed by atoms with E-state index in [1.807, 2.05) is 13.8 Å². The summed E-state index contributed by atoms with van der Waals surface area (Å²) in [4.78, 5) is 26.5. The molecule has 0 aliphatic heterocycles. The van der Waals surface area contributed by atoms with E-state index in [4.69, 9.17) is 4.74 Å². The molecule has 0 aromatic carbocycles. The number of H-pyrrole nitrogens is 1. The normalized spacial score (nSPS) is 10.4. The minimum absolute atomic E-state index is 0.0612. The van der Waals surface area contributed by atoms with Crippen LogP contribution in [0.15, 0.2) is 0 Å². The molecule has 0 spiro atoms. The van der Waals surface area contributed by atoms with Crippen LogP contribution in [0.3, 0.4) is 0 Å². The van der Waals surface area contributed by atoms with Gasteiger partial charge in [0, 0.05) is 17.7 Å². The molecule has 0 aliphatic rings. The van der Waals surface area contributed by atoms with Crippen molar-refractivity contribution in [3.05, 3.63) is 22.5 Å². The molecule has 17 heavy (non-hydrogen) atoms. The van der Waals surface area contributed by atoms with Crippen molar-refractivity contribution in [2.24, 2.45) is 0 Å². The van der Waals surface area contributed by atoms with Gasteiger partial charge in [0.15, 0.2) is 5.78 Å². The third-order valence-corrected chi connectivity index (χ3v) is 2.76. The first-order valence-corrected chi connectivity index (χ1v) is 5.98. The molecular weight excluding hydrogens is 218 g/mol. The number of hydrogen-bond donors (Lipinski definition) is 1. The second kappa shape index (κ2) is 5.66.